The van der Waals surface area contributed by atoms with Crippen molar-refractivity contribution < 1.29 is 14.3 Å². The summed E-state index contributed by atoms with van der Waals surface area (Å²) in [6.07, 6.45) is -0.645. The van der Waals surface area contributed by atoms with Gasteiger partial charge in [0.1, 0.15) is 12.4 Å². The summed E-state index contributed by atoms with van der Waals surface area (Å²) in [5.74, 6) is 0.735. The van der Waals surface area contributed by atoms with Crippen molar-refractivity contribution in [3.05, 3.63) is 65.7 Å². The van der Waals surface area contributed by atoms with Crippen LogP contribution in [0, 0.1) is 11.3 Å². The molecular weight excluding hydrogens is 292 g/mol. The second-order valence-corrected chi connectivity index (χ2v) is 5.15. The number of carbonyl (C=O) groups excluding carboxylic acids is 1. The van der Waals surface area contributed by atoms with Crippen molar-refractivity contribution in [2.45, 2.75) is 19.1 Å². The molecule has 0 aromatic heterocycles. The molecule has 0 saturated carbocycles. The summed E-state index contributed by atoms with van der Waals surface area (Å²) in [4.78, 5) is 12.0. The normalized spacial score (nSPS) is 12.6. The van der Waals surface area contributed by atoms with Crippen LogP contribution in [0.3, 0.4) is 0 Å². The molecule has 0 aliphatic carbocycles. The van der Waals surface area contributed by atoms with Gasteiger partial charge >= 0.3 is 6.09 Å². The van der Waals surface area contributed by atoms with Crippen molar-refractivity contribution in [1.82, 2.24) is 5.32 Å². The van der Waals surface area contributed by atoms with E-state index in [1.54, 1.807) is 38.3 Å². The molecule has 2 rings (SSSR count). The number of rotatable bonds is 5. The third kappa shape index (κ3) is 4.24. The fourth-order valence-corrected chi connectivity index (χ4v) is 2.05. The van der Waals surface area contributed by atoms with Gasteiger partial charge in [-0.15, -0.1) is 0 Å². The summed E-state index contributed by atoms with van der Waals surface area (Å²) in [5.41, 5.74) is 0.390. The highest BCUT2D eigenvalue weighted by atomic mass is 16.5. The van der Waals surface area contributed by atoms with Crippen LogP contribution >= 0.6 is 0 Å². The summed E-state index contributed by atoms with van der Waals surface area (Å²) in [7, 11) is 1.59. The van der Waals surface area contributed by atoms with Crippen LogP contribution in [0.4, 0.5) is 4.79 Å². The van der Waals surface area contributed by atoms with Crippen LogP contribution in [0.2, 0.25) is 0 Å². The van der Waals surface area contributed by atoms with Gasteiger partial charge in [-0.25, -0.2) is 4.79 Å². The molecule has 1 unspecified atom stereocenters. The van der Waals surface area contributed by atoms with Crippen molar-refractivity contribution in [1.29, 1.82) is 5.26 Å². The molecule has 0 spiro atoms. The topological polar surface area (TPSA) is 71.3 Å². The van der Waals surface area contributed by atoms with Crippen molar-refractivity contribution in [3.8, 4) is 11.8 Å². The molecule has 0 fully saturated rings. The van der Waals surface area contributed by atoms with E-state index in [2.05, 4.69) is 11.4 Å². The number of alkyl carbamates (subject to hydrolysis) is 1. The predicted molar refractivity (Wildman–Crippen MR) is 85.7 cm³/mol. The number of nitrogens with zero attached hydrogens (tertiary/aromatic N) is 1. The van der Waals surface area contributed by atoms with Gasteiger partial charge in [0.05, 0.1) is 13.2 Å². The van der Waals surface area contributed by atoms with E-state index in [0.717, 1.165) is 11.3 Å². The molecule has 0 bridgehead atoms. The molecule has 5 nitrogen and oxygen atoms in total. The summed E-state index contributed by atoms with van der Waals surface area (Å²) in [6.45, 7) is 1.75. The third-order valence-corrected chi connectivity index (χ3v) is 3.46. The second kappa shape index (κ2) is 7.32. The van der Waals surface area contributed by atoms with Gasteiger partial charge in [-0.3, -0.25) is 5.32 Å². The van der Waals surface area contributed by atoms with Crippen LogP contribution < -0.4 is 10.1 Å². The fraction of sp³-hybridized carbons (Fsp3) is 0.222. The highest BCUT2D eigenvalue weighted by molar-refractivity contribution is 5.69. The summed E-state index contributed by atoms with van der Waals surface area (Å²) in [6, 6.07) is 18.4. The largest absolute Gasteiger partial charge is 0.497 e. The van der Waals surface area contributed by atoms with Gasteiger partial charge in [0.2, 0.25) is 0 Å². The Bertz CT molecular complexity index is 692. The lowest BCUT2D eigenvalue weighted by atomic mass is 9.94. The Hall–Kier alpha value is -3.00. The zero-order valence-corrected chi connectivity index (χ0v) is 13.1. The maximum atomic E-state index is 12.0. The molecule has 1 atom stereocenters. The molecular formula is C18H18N2O3. The Labute approximate surface area is 135 Å². The minimum atomic E-state index is -1.14. The van der Waals surface area contributed by atoms with Crippen LogP contribution in [0.25, 0.3) is 0 Å². The summed E-state index contributed by atoms with van der Waals surface area (Å²) < 4.78 is 10.2. The first-order valence-corrected chi connectivity index (χ1v) is 7.12. The average molecular weight is 310 g/mol. The first-order valence-electron chi connectivity index (χ1n) is 7.12. The zero-order chi connectivity index (χ0) is 16.7. The minimum absolute atomic E-state index is 0.117. The quantitative estimate of drug-likeness (QED) is 0.919. The highest BCUT2D eigenvalue weighted by Gasteiger charge is 2.28. The molecule has 2 aromatic rings. The lowest BCUT2D eigenvalue weighted by molar-refractivity contribution is 0.132. The molecule has 118 valence electrons. The van der Waals surface area contributed by atoms with E-state index in [-0.39, 0.29) is 6.61 Å². The highest BCUT2D eigenvalue weighted by Crippen LogP contribution is 2.20. The van der Waals surface area contributed by atoms with Gasteiger partial charge in [0.15, 0.2) is 5.54 Å². The lowest BCUT2D eigenvalue weighted by Crippen LogP contribution is -2.42. The maximum absolute atomic E-state index is 12.0. The van der Waals surface area contributed by atoms with E-state index in [4.69, 9.17) is 9.47 Å². The van der Waals surface area contributed by atoms with E-state index in [1.807, 2.05) is 30.3 Å². The number of nitrogens with one attached hydrogen (secondary N) is 1. The number of carbonyl (C=O) groups is 1. The number of amides is 1. The molecule has 0 aliphatic heterocycles. The van der Waals surface area contributed by atoms with E-state index in [1.165, 1.54) is 0 Å². The number of methoxy groups -OCH3 is 1. The SMILES string of the molecule is COc1ccc(COC(=O)NC(C)(C#N)c2ccccc2)cc1. The van der Waals surface area contributed by atoms with Crippen molar-refractivity contribution in [2.24, 2.45) is 0 Å². The maximum Gasteiger partial charge on any atom is 0.408 e. The van der Waals surface area contributed by atoms with Gasteiger partial charge < -0.3 is 9.47 Å². The minimum Gasteiger partial charge on any atom is -0.497 e. The first kappa shape index (κ1) is 16.4. The lowest BCUT2D eigenvalue weighted by Gasteiger charge is -2.23. The van der Waals surface area contributed by atoms with Crippen LogP contribution in [0.1, 0.15) is 18.1 Å². The van der Waals surface area contributed by atoms with E-state index in [0.29, 0.717) is 5.56 Å². The van der Waals surface area contributed by atoms with Crippen LogP contribution in [-0.4, -0.2) is 13.2 Å². The van der Waals surface area contributed by atoms with Gasteiger partial charge in [-0.2, -0.15) is 5.26 Å². The molecule has 23 heavy (non-hydrogen) atoms. The Morgan fingerprint density at radius 3 is 2.39 bits per heavy atom. The fourth-order valence-electron chi connectivity index (χ4n) is 2.05. The summed E-state index contributed by atoms with van der Waals surface area (Å²) in [5, 5.41) is 12.0. The monoisotopic (exact) mass is 310 g/mol. The van der Waals surface area contributed by atoms with Crippen LogP contribution in [0.15, 0.2) is 54.6 Å². The van der Waals surface area contributed by atoms with E-state index in [9.17, 15) is 10.1 Å². The molecule has 0 saturated heterocycles. The smallest absolute Gasteiger partial charge is 0.408 e. The van der Waals surface area contributed by atoms with Crippen LogP contribution in [0.5, 0.6) is 5.75 Å². The van der Waals surface area contributed by atoms with Gasteiger partial charge in [-0.1, -0.05) is 42.5 Å². The van der Waals surface area contributed by atoms with Gasteiger partial charge in [0.25, 0.3) is 0 Å². The van der Waals surface area contributed by atoms with Gasteiger partial charge in [0, 0.05) is 0 Å². The Morgan fingerprint density at radius 1 is 1.17 bits per heavy atom. The van der Waals surface area contributed by atoms with Crippen molar-refractivity contribution in [3.63, 3.8) is 0 Å². The first-order chi connectivity index (χ1) is 11.1. The van der Waals surface area contributed by atoms with Crippen molar-refractivity contribution >= 4 is 6.09 Å². The average Bonchev–Trinajstić information content (AvgIpc) is 2.61. The number of benzene rings is 2. The number of ether oxygens (including phenoxy) is 2. The number of hydrogen-bond donors (Lipinski definition) is 1. The third-order valence-electron chi connectivity index (χ3n) is 3.46. The summed E-state index contributed by atoms with van der Waals surface area (Å²) >= 11 is 0. The van der Waals surface area contributed by atoms with E-state index >= 15 is 0 Å². The number of nitriles is 1. The molecule has 2 aromatic carbocycles. The second-order valence-electron chi connectivity index (χ2n) is 5.15. The molecule has 0 heterocycles. The number of hydrogen-bond acceptors (Lipinski definition) is 4. The van der Waals surface area contributed by atoms with Gasteiger partial charge in [-0.05, 0) is 30.2 Å². The Kier molecular flexibility index (Phi) is 5.21. The molecule has 1 amide bonds. The van der Waals surface area contributed by atoms with Crippen LogP contribution in [-0.2, 0) is 16.9 Å². The van der Waals surface area contributed by atoms with Crippen molar-refractivity contribution in [2.75, 3.05) is 7.11 Å². The Morgan fingerprint density at radius 2 is 1.83 bits per heavy atom. The predicted octanol–water partition coefficient (Wildman–Crippen LogP) is 3.36. The molecule has 5 heteroatoms. The molecule has 0 aliphatic rings. The molecule has 0 radical (unpaired) electrons. The Balaban J connectivity index is 1.96. The zero-order valence-electron chi connectivity index (χ0n) is 13.1. The van der Waals surface area contributed by atoms with E-state index < -0.39 is 11.6 Å². The molecule has 1 N–H and O–H groups in total. The standard InChI is InChI=1S/C18H18N2O3/c1-18(13-19,15-6-4-3-5-7-15)20-17(21)23-12-14-8-10-16(22-2)11-9-14/h3-11H,12H2,1-2H3,(H,20,21).